The standard InChI is InChI=1S/C13H18N2O4/c1-3-4-5-6-10(13(18)19-2)15-12(17)9-7-8-11(16)14-9/h1,9-10H,4-8H2,2H3,(H,14,16)(H,15,17)/t9-,10-/m1/s1. The molecule has 1 fully saturated rings. The van der Waals surface area contributed by atoms with Gasteiger partial charge in [0.05, 0.1) is 7.11 Å². The first-order chi connectivity index (χ1) is 9.08. The highest BCUT2D eigenvalue weighted by Crippen LogP contribution is 2.08. The van der Waals surface area contributed by atoms with Crippen molar-refractivity contribution in [2.24, 2.45) is 0 Å². The van der Waals surface area contributed by atoms with E-state index in [1.165, 1.54) is 7.11 Å². The lowest BCUT2D eigenvalue weighted by molar-refractivity contribution is -0.145. The zero-order valence-corrected chi connectivity index (χ0v) is 10.9. The number of hydrogen-bond acceptors (Lipinski definition) is 4. The van der Waals surface area contributed by atoms with Crippen LogP contribution >= 0.6 is 0 Å². The fraction of sp³-hybridized carbons (Fsp3) is 0.615. The van der Waals surface area contributed by atoms with Crippen LogP contribution in [0.2, 0.25) is 0 Å². The molecule has 0 spiro atoms. The third-order valence-corrected chi connectivity index (χ3v) is 2.93. The highest BCUT2D eigenvalue weighted by Gasteiger charge is 2.30. The second-order valence-corrected chi connectivity index (χ2v) is 4.34. The van der Waals surface area contributed by atoms with Crippen molar-refractivity contribution in [1.29, 1.82) is 0 Å². The van der Waals surface area contributed by atoms with E-state index in [0.717, 1.165) is 0 Å². The molecule has 2 N–H and O–H groups in total. The van der Waals surface area contributed by atoms with E-state index in [1.807, 2.05) is 0 Å². The molecule has 2 amide bonds. The topological polar surface area (TPSA) is 84.5 Å². The Bertz CT molecular complexity index is 400. The van der Waals surface area contributed by atoms with Gasteiger partial charge in [-0.15, -0.1) is 12.3 Å². The fourth-order valence-corrected chi connectivity index (χ4v) is 1.88. The molecule has 1 heterocycles. The van der Waals surface area contributed by atoms with E-state index in [4.69, 9.17) is 6.42 Å². The van der Waals surface area contributed by atoms with Gasteiger partial charge in [0.15, 0.2) is 0 Å². The predicted octanol–water partition coefficient (Wildman–Crippen LogP) is -0.274. The molecule has 0 aromatic rings. The number of carbonyl (C=O) groups excluding carboxylic acids is 3. The van der Waals surface area contributed by atoms with Crippen molar-refractivity contribution in [2.45, 2.75) is 44.2 Å². The molecule has 2 atom stereocenters. The Morgan fingerprint density at radius 2 is 2.37 bits per heavy atom. The number of methoxy groups -OCH3 is 1. The molecule has 1 aliphatic rings. The first-order valence-corrected chi connectivity index (χ1v) is 6.19. The quantitative estimate of drug-likeness (QED) is 0.393. The zero-order valence-electron chi connectivity index (χ0n) is 10.9. The fourth-order valence-electron chi connectivity index (χ4n) is 1.88. The molecule has 6 nitrogen and oxygen atoms in total. The summed E-state index contributed by atoms with van der Waals surface area (Å²) in [6, 6.07) is -1.28. The molecule has 0 unspecified atom stereocenters. The molecule has 1 aliphatic heterocycles. The summed E-state index contributed by atoms with van der Waals surface area (Å²) in [5.41, 5.74) is 0. The minimum atomic E-state index is -0.719. The third kappa shape index (κ3) is 4.62. The molecular formula is C13H18N2O4. The minimum Gasteiger partial charge on any atom is -0.467 e. The number of amides is 2. The molecule has 0 aliphatic carbocycles. The van der Waals surface area contributed by atoms with Crippen LogP contribution in [-0.2, 0) is 19.1 Å². The van der Waals surface area contributed by atoms with E-state index in [0.29, 0.717) is 32.1 Å². The summed E-state index contributed by atoms with van der Waals surface area (Å²) in [5, 5.41) is 5.14. The molecule has 0 aromatic carbocycles. The van der Waals surface area contributed by atoms with Gasteiger partial charge in [0.2, 0.25) is 11.8 Å². The Balaban J connectivity index is 2.51. The van der Waals surface area contributed by atoms with Crippen molar-refractivity contribution >= 4 is 17.8 Å². The summed E-state index contributed by atoms with van der Waals surface area (Å²) in [6.45, 7) is 0. The Kier molecular flexibility index (Phi) is 5.86. The second-order valence-electron chi connectivity index (χ2n) is 4.34. The van der Waals surface area contributed by atoms with Crippen LogP contribution in [-0.4, -0.2) is 37.0 Å². The maximum atomic E-state index is 11.9. The largest absolute Gasteiger partial charge is 0.467 e. The number of rotatable bonds is 6. The number of carbonyl (C=O) groups is 3. The van der Waals surface area contributed by atoms with Gasteiger partial charge in [0.1, 0.15) is 12.1 Å². The molecule has 1 saturated heterocycles. The van der Waals surface area contributed by atoms with Gasteiger partial charge in [-0.05, 0) is 19.3 Å². The van der Waals surface area contributed by atoms with Gasteiger partial charge in [0, 0.05) is 12.8 Å². The number of unbranched alkanes of at least 4 members (excludes halogenated alkanes) is 1. The monoisotopic (exact) mass is 266 g/mol. The van der Waals surface area contributed by atoms with Gasteiger partial charge in [-0.1, -0.05) is 0 Å². The van der Waals surface area contributed by atoms with Crippen molar-refractivity contribution in [2.75, 3.05) is 7.11 Å². The normalized spacial score (nSPS) is 19.2. The van der Waals surface area contributed by atoms with Crippen LogP contribution in [0.3, 0.4) is 0 Å². The average Bonchev–Trinajstić information content (AvgIpc) is 2.83. The van der Waals surface area contributed by atoms with Crippen LogP contribution in [0.4, 0.5) is 0 Å². The van der Waals surface area contributed by atoms with Crippen LogP contribution in [0.1, 0.15) is 32.1 Å². The molecule has 0 bridgehead atoms. The lowest BCUT2D eigenvalue weighted by atomic mass is 10.1. The van der Waals surface area contributed by atoms with Crippen molar-refractivity contribution in [1.82, 2.24) is 10.6 Å². The Morgan fingerprint density at radius 1 is 1.63 bits per heavy atom. The minimum absolute atomic E-state index is 0.151. The van der Waals surface area contributed by atoms with Gasteiger partial charge < -0.3 is 15.4 Å². The molecule has 1 rings (SSSR count). The summed E-state index contributed by atoms with van der Waals surface area (Å²) in [4.78, 5) is 34.5. The third-order valence-electron chi connectivity index (χ3n) is 2.93. The summed E-state index contributed by atoms with van der Waals surface area (Å²) in [5.74, 6) is 1.46. The average molecular weight is 266 g/mol. The smallest absolute Gasteiger partial charge is 0.328 e. The lowest BCUT2D eigenvalue weighted by Crippen LogP contribution is -2.49. The maximum Gasteiger partial charge on any atom is 0.328 e. The summed E-state index contributed by atoms with van der Waals surface area (Å²) < 4.78 is 4.64. The Morgan fingerprint density at radius 3 is 2.89 bits per heavy atom. The highest BCUT2D eigenvalue weighted by molar-refractivity contribution is 5.93. The first kappa shape index (κ1) is 15.0. The van der Waals surface area contributed by atoms with Gasteiger partial charge in [-0.25, -0.2) is 4.79 Å². The van der Waals surface area contributed by atoms with Crippen molar-refractivity contribution in [3.05, 3.63) is 0 Å². The number of terminal acetylenes is 1. The van der Waals surface area contributed by atoms with Crippen LogP contribution in [0.5, 0.6) is 0 Å². The molecular weight excluding hydrogens is 248 g/mol. The van der Waals surface area contributed by atoms with E-state index >= 15 is 0 Å². The molecule has 19 heavy (non-hydrogen) atoms. The zero-order chi connectivity index (χ0) is 14.3. The van der Waals surface area contributed by atoms with Crippen LogP contribution in [0.15, 0.2) is 0 Å². The van der Waals surface area contributed by atoms with Gasteiger partial charge >= 0.3 is 5.97 Å². The summed E-state index contributed by atoms with van der Waals surface area (Å²) in [7, 11) is 1.26. The molecule has 0 radical (unpaired) electrons. The van der Waals surface area contributed by atoms with Crippen molar-refractivity contribution < 1.29 is 19.1 Å². The van der Waals surface area contributed by atoms with Gasteiger partial charge in [-0.3, -0.25) is 9.59 Å². The van der Waals surface area contributed by atoms with Crippen molar-refractivity contribution in [3.8, 4) is 12.3 Å². The van der Waals surface area contributed by atoms with Gasteiger partial charge in [0.25, 0.3) is 0 Å². The molecule has 104 valence electrons. The maximum absolute atomic E-state index is 11.9. The summed E-state index contributed by atoms with van der Waals surface area (Å²) >= 11 is 0. The molecule has 6 heteroatoms. The SMILES string of the molecule is C#CCCC[C@@H](NC(=O)[C@H]1CCC(=O)N1)C(=O)OC. The first-order valence-electron chi connectivity index (χ1n) is 6.19. The second kappa shape index (κ2) is 7.41. The molecule has 0 aromatic heterocycles. The Labute approximate surface area is 112 Å². The number of esters is 1. The van der Waals surface area contributed by atoms with E-state index in [1.54, 1.807) is 0 Å². The number of hydrogen-bond donors (Lipinski definition) is 2. The van der Waals surface area contributed by atoms with E-state index in [-0.39, 0.29) is 11.8 Å². The van der Waals surface area contributed by atoms with Crippen molar-refractivity contribution in [3.63, 3.8) is 0 Å². The number of nitrogens with one attached hydrogen (secondary N) is 2. The van der Waals surface area contributed by atoms with E-state index in [2.05, 4.69) is 21.3 Å². The Hall–Kier alpha value is -2.03. The van der Waals surface area contributed by atoms with Gasteiger partial charge in [-0.2, -0.15) is 0 Å². The van der Waals surface area contributed by atoms with Crippen LogP contribution in [0, 0.1) is 12.3 Å². The summed E-state index contributed by atoms with van der Waals surface area (Å²) in [6.07, 6.45) is 7.49. The van der Waals surface area contributed by atoms with E-state index in [9.17, 15) is 14.4 Å². The predicted molar refractivity (Wildman–Crippen MR) is 67.8 cm³/mol. The molecule has 0 saturated carbocycles. The van der Waals surface area contributed by atoms with Crippen LogP contribution in [0.25, 0.3) is 0 Å². The number of ether oxygens (including phenoxy) is 1. The van der Waals surface area contributed by atoms with E-state index < -0.39 is 18.1 Å². The van der Waals surface area contributed by atoms with Crippen LogP contribution < -0.4 is 10.6 Å². The highest BCUT2D eigenvalue weighted by atomic mass is 16.5. The lowest BCUT2D eigenvalue weighted by Gasteiger charge is -2.18.